The van der Waals surface area contributed by atoms with E-state index in [1.165, 1.54) is 0 Å². The van der Waals surface area contributed by atoms with Gasteiger partial charge < -0.3 is 13.0 Å². The lowest BCUT2D eigenvalue weighted by Gasteiger charge is -2.11. The summed E-state index contributed by atoms with van der Waals surface area (Å²) in [5, 5.41) is 0. The Kier molecular flexibility index (Phi) is 10.6. The van der Waals surface area contributed by atoms with Crippen molar-refractivity contribution in [2.45, 2.75) is 39.5 Å². The van der Waals surface area contributed by atoms with E-state index in [1.54, 1.807) is 0 Å². The topological polar surface area (TPSA) is 27.7 Å². The molecule has 0 aromatic carbocycles. The van der Waals surface area contributed by atoms with Crippen molar-refractivity contribution in [3.8, 4) is 0 Å². The summed E-state index contributed by atoms with van der Waals surface area (Å²) in [6, 6.07) is 0. The van der Waals surface area contributed by atoms with Gasteiger partial charge in [0.25, 0.3) is 0 Å². The Morgan fingerprint density at radius 3 is 1.77 bits per heavy atom. The summed E-state index contributed by atoms with van der Waals surface area (Å²) < 4.78 is 15.7. The lowest BCUT2D eigenvalue weighted by atomic mass is 10.4. The van der Waals surface area contributed by atoms with Crippen molar-refractivity contribution in [1.29, 1.82) is 0 Å². The molecule has 0 amide bonds. The average Bonchev–Trinajstić information content (AvgIpc) is 2.16. The van der Waals surface area contributed by atoms with E-state index in [0.717, 1.165) is 38.9 Å². The lowest BCUT2D eigenvalue weighted by molar-refractivity contribution is 0.140. The van der Waals surface area contributed by atoms with Gasteiger partial charge in [-0.05, 0) is 12.8 Å². The van der Waals surface area contributed by atoms with Gasteiger partial charge in [0, 0.05) is 13.2 Å². The maximum Gasteiger partial charge on any atom is 0.566 e. The first-order valence-electron chi connectivity index (χ1n) is 4.81. The highest BCUT2D eigenvalue weighted by atomic mass is 28.4. The van der Waals surface area contributed by atoms with Crippen molar-refractivity contribution >= 4 is 20.0 Å². The highest BCUT2D eigenvalue weighted by Gasteiger charge is 2.15. The molecule has 0 aliphatic rings. The molecule has 0 heterocycles. The van der Waals surface area contributed by atoms with Crippen molar-refractivity contribution in [2.24, 2.45) is 0 Å². The third kappa shape index (κ3) is 8.64. The molecule has 0 N–H and O–H groups in total. The van der Waals surface area contributed by atoms with Crippen LogP contribution in [0.3, 0.4) is 0 Å². The largest absolute Gasteiger partial charge is 0.566 e. The van der Waals surface area contributed by atoms with Gasteiger partial charge in [0.15, 0.2) is 0 Å². The minimum Gasteiger partial charge on any atom is -0.413 e. The Hall–Kier alpha value is 0.314. The van der Waals surface area contributed by atoms with Gasteiger partial charge in [0.05, 0.1) is 0 Å². The van der Waals surface area contributed by atoms with Crippen LogP contribution in [0.2, 0.25) is 0 Å². The zero-order valence-corrected chi connectivity index (χ0v) is 10.5. The molecule has 0 saturated carbocycles. The maximum atomic E-state index is 5.39. The fourth-order valence-electron chi connectivity index (χ4n) is 0.700. The third-order valence-electron chi connectivity index (χ3n) is 1.52. The third-order valence-corrected chi connectivity index (χ3v) is 3.07. The Bertz CT molecular complexity index is 93.4. The van der Waals surface area contributed by atoms with Crippen LogP contribution in [0.1, 0.15) is 39.5 Å². The molecule has 0 aliphatic heterocycles. The van der Waals surface area contributed by atoms with E-state index < -0.39 is 9.53 Å². The van der Waals surface area contributed by atoms with Gasteiger partial charge in [-0.2, -0.15) is 0 Å². The van der Waals surface area contributed by atoms with Crippen molar-refractivity contribution in [2.75, 3.05) is 13.2 Å². The van der Waals surface area contributed by atoms with Crippen LogP contribution in [-0.4, -0.2) is 33.2 Å². The minimum absolute atomic E-state index is 0.724. The van der Waals surface area contributed by atoms with Crippen LogP contribution >= 0.6 is 0 Å². The Balaban J connectivity index is 3.28. The second-order valence-electron chi connectivity index (χ2n) is 2.76. The quantitative estimate of drug-likeness (QED) is 0.435. The molecule has 3 nitrogen and oxygen atoms in total. The Labute approximate surface area is 86.3 Å². The van der Waals surface area contributed by atoms with Crippen LogP contribution in [0.25, 0.3) is 0 Å². The molecule has 0 rings (SSSR count). The van der Waals surface area contributed by atoms with E-state index in [1.807, 2.05) is 0 Å². The summed E-state index contributed by atoms with van der Waals surface area (Å²) in [6.07, 6.45) is 4.37. The van der Waals surface area contributed by atoms with Gasteiger partial charge in [-0.15, -0.1) is 0 Å². The van der Waals surface area contributed by atoms with Crippen LogP contribution in [0.4, 0.5) is 0 Å². The van der Waals surface area contributed by atoms with Crippen LogP contribution in [0.5, 0.6) is 0 Å². The van der Waals surface area contributed by atoms with Crippen molar-refractivity contribution in [3.05, 3.63) is 0 Å². The predicted octanol–water partition coefficient (Wildman–Crippen LogP) is 1.70. The first kappa shape index (κ1) is 13.3. The second-order valence-corrected chi connectivity index (χ2v) is 4.65. The summed E-state index contributed by atoms with van der Waals surface area (Å²) in [4.78, 5) is 0. The fraction of sp³-hybridized carbons (Fsp3) is 1.00. The van der Waals surface area contributed by atoms with Gasteiger partial charge in [-0.1, -0.05) is 26.7 Å². The Morgan fingerprint density at radius 2 is 1.46 bits per heavy atom. The summed E-state index contributed by atoms with van der Waals surface area (Å²) >= 11 is 0. The normalized spacial score (nSPS) is 11.1. The van der Waals surface area contributed by atoms with Gasteiger partial charge in [-0.3, -0.25) is 0 Å². The number of rotatable bonds is 9. The smallest absolute Gasteiger partial charge is 0.413 e. The molecule has 0 bridgehead atoms. The van der Waals surface area contributed by atoms with Crippen LogP contribution in [0.15, 0.2) is 0 Å². The molecule has 4 radical (unpaired) electrons. The van der Waals surface area contributed by atoms with Gasteiger partial charge in [0.1, 0.15) is 0 Å². The van der Waals surface area contributed by atoms with Crippen LogP contribution < -0.4 is 0 Å². The fourth-order valence-corrected chi connectivity index (χ4v) is 1.88. The highest BCUT2D eigenvalue weighted by molar-refractivity contribution is 6.42. The molecule has 0 aliphatic carbocycles. The Morgan fingerprint density at radius 1 is 1.00 bits per heavy atom. The minimum atomic E-state index is -1.52. The number of hydrogen-bond donors (Lipinski definition) is 0. The zero-order valence-electron chi connectivity index (χ0n) is 8.47. The average molecular weight is 218 g/mol. The van der Waals surface area contributed by atoms with E-state index in [4.69, 9.17) is 13.0 Å². The monoisotopic (exact) mass is 218 g/mol. The molecule has 13 heavy (non-hydrogen) atoms. The van der Waals surface area contributed by atoms with E-state index in [2.05, 4.69) is 24.3 Å². The molecule has 0 aromatic rings. The first-order valence-corrected chi connectivity index (χ1v) is 6.44. The van der Waals surface area contributed by atoms with Gasteiger partial charge in [-0.25, -0.2) is 0 Å². The highest BCUT2D eigenvalue weighted by Crippen LogP contribution is 1.96. The summed E-state index contributed by atoms with van der Waals surface area (Å²) in [6.45, 7) is 5.70. The number of hydrogen-bond acceptors (Lipinski definition) is 3. The molecule has 0 saturated heterocycles. The number of unbranched alkanes of at least 4 members (excludes halogenated alkanes) is 2. The van der Waals surface area contributed by atoms with Crippen LogP contribution in [-0.2, 0) is 13.0 Å². The maximum absolute atomic E-state index is 5.39. The van der Waals surface area contributed by atoms with E-state index >= 15 is 0 Å². The molecular formula is C8H18O3Si2. The molecule has 76 valence electrons. The lowest BCUT2D eigenvalue weighted by Crippen LogP contribution is -2.27. The molecule has 0 spiro atoms. The van der Waals surface area contributed by atoms with Gasteiger partial charge >= 0.3 is 9.53 Å². The molecule has 0 atom stereocenters. The van der Waals surface area contributed by atoms with Crippen molar-refractivity contribution in [1.82, 2.24) is 0 Å². The summed E-state index contributed by atoms with van der Waals surface area (Å²) in [7, 11) is 1.45. The van der Waals surface area contributed by atoms with Gasteiger partial charge in [0.2, 0.25) is 10.5 Å². The predicted molar refractivity (Wildman–Crippen MR) is 54.3 cm³/mol. The SMILES string of the molecule is CCCCO[Si](O[Si])OCCCC. The summed E-state index contributed by atoms with van der Waals surface area (Å²) in [5.41, 5.74) is 0. The van der Waals surface area contributed by atoms with E-state index in [-0.39, 0.29) is 0 Å². The van der Waals surface area contributed by atoms with Crippen molar-refractivity contribution < 1.29 is 13.0 Å². The van der Waals surface area contributed by atoms with E-state index in [9.17, 15) is 0 Å². The zero-order chi connectivity index (χ0) is 9.94. The summed E-state index contributed by atoms with van der Waals surface area (Å²) in [5.74, 6) is 0. The van der Waals surface area contributed by atoms with E-state index in [0.29, 0.717) is 0 Å². The first-order chi connectivity index (χ1) is 6.35. The second kappa shape index (κ2) is 10.4. The molecule has 0 unspecified atom stereocenters. The molecule has 5 heteroatoms. The van der Waals surface area contributed by atoms with Crippen LogP contribution in [0, 0.1) is 0 Å². The molecule has 0 fully saturated rings. The van der Waals surface area contributed by atoms with Crippen molar-refractivity contribution in [3.63, 3.8) is 0 Å². The molecule has 0 aromatic heterocycles. The molecular weight excluding hydrogens is 200 g/mol. The standard InChI is InChI=1S/C8H18O3Si2/c1-3-5-7-9-13(11-12)10-8-6-4-2/h3-8H2,1-2H3.